The van der Waals surface area contributed by atoms with Gasteiger partial charge in [-0.3, -0.25) is 0 Å². The van der Waals surface area contributed by atoms with Crippen molar-refractivity contribution in [3.63, 3.8) is 0 Å². The van der Waals surface area contributed by atoms with E-state index in [2.05, 4.69) is 9.88 Å². The molecule has 1 aromatic heterocycles. The number of pyridine rings is 1. The molecule has 1 N–H and O–H groups in total. The second-order valence-corrected chi connectivity index (χ2v) is 10.3. The number of hydrogen-bond acceptors (Lipinski definition) is 5. The minimum absolute atomic E-state index is 0.304. The van der Waals surface area contributed by atoms with Gasteiger partial charge in [-0.2, -0.15) is 0 Å². The van der Waals surface area contributed by atoms with Gasteiger partial charge < -0.3 is 14.4 Å². The average Bonchev–Trinajstić information content (AvgIpc) is 3.23. The van der Waals surface area contributed by atoms with Gasteiger partial charge in [0.15, 0.2) is 16.9 Å². The molecule has 162 valence electrons. The summed E-state index contributed by atoms with van der Waals surface area (Å²) in [6.45, 7) is 6.50. The van der Waals surface area contributed by atoms with E-state index in [1.165, 1.54) is 0 Å². The molecule has 1 spiro atoms. The first kappa shape index (κ1) is 20.4. The van der Waals surface area contributed by atoms with Crippen LogP contribution in [-0.2, 0) is 19.3 Å². The third-order valence-electron chi connectivity index (χ3n) is 6.51. The molecule has 5 rings (SSSR count). The molecule has 2 aliphatic heterocycles. The molecular weight excluding hydrogens is 412 g/mol. The van der Waals surface area contributed by atoms with Crippen LogP contribution < -0.4 is 9.88 Å². The maximum absolute atomic E-state index is 13.8. The fourth-order valence-corrected chi connectivity index (χ4v) is 6.10. The Morgan fingerprint density at radius 2 is 1.68 bits per heavy atom. The minimum atomic E-state index is -3.71. The maximum Gasteiger partial charge on any atom is 0.214 e. The SMILES string of the molecule is Cc1ccc(S(=O)(=O)c2c[nH+]c3ccccc3c2N2CCC3(CC2)OCCO3)cc1C. The first-order chi connectivity index (χ1) is 14.9. The van der Waals surface area contributed by atoms with Crippen molar-refractivity contribution in [3.05, 3.63) is 59.8 Å². The number of ether oxygens (including phenoxy) is 2. The van der Waals surface area contributed by atoms with E-state index in [0.29, 0.717) is 48.9 Å². The summed E-state index contributed by atoms with van der Waals surface area (Å²) in [4.78, 5) is 5.98. The van der Waals surface area contributed by atoms with Crippen LogP contribution in [0, 0.1) is 13.8 Å². The van der Waals surface area contributed by atoms with Crippen LogP contribution in [0.1, 0.15) is 24.0 Å². The van der Waals surface area contributed by atoms with Gasteiger partial charge in [0.2, 0.25) is 15.4 Å². The van der Waals surface area contributed by atoms with Gasteiger partial charge in [-0.25, -0.2) is 13.4 Å². The van der Waals surface area contributed by atoms with Crippen molar-refractivity contribution >= 4 is 26.4 Å². The molecule has 31 heavy (non-hydrogen) atoms. The third-order valence-corrected chi connectivity index (χ3v) is 8.27. The number of benzene rings is 2. The highest BCUT2D eigenvalue weighted by Crippen LogP contribution is 2.39. The Bertz CT molecular complexity index is 1240. The van der Waals surface area contributed by atoms with Gasteiger partial charge in [-0.05, 0) is 43.2 Å². The van der Waals surface area contributed by atoms with E-state index in [9.17, 15) is 8.42 Å². The lowest BCUT2D eigenvalue weighted by Gasteiger charge is -2.39. The quantitative estimate of drug-likeness (QED) is 0.625. The number of nitrogens with zero attached hydrogens (tertiary/aromatic N) is 1. The molecule has 0 saturated carbocycles. The molecule has 0 aliphatic carbocycles. The van der Waals surface area contributed by atoms with E-state index < -0.39 is 15.6 Å². The van der Waals surface area contributed by atoms with Crippen molar-refractivity contribution in [2.24, 2.45) is 0 Å². The van der Waals surface area contributed by atoms with E-state index in [0.717, 1.165) is 27.7 Å². The van der Waals surface area contributed by atoms with Gasteiger partial charge in [0.25, 0.3) is 0 Å². The fourth-order valence-electron chi connectivity index (χ4n) is 4.56. The van der Waals surface area contributed by atoms with Crippen LogP contribution in [0.2, 0.25) is 0 Å². The van der Waals surface area contributed by atoms with Crippen LogP contribution in [0.25, 0.3) is 10.9 Å². The van der Waals surface area contributed by atoms with Crippen LogP contribution in [0.5, 0.6) is 0 Å². The lowest BCUT2D eigenvalue weighted by Crippen LogP contribution is -2.45. The number of piperidine rings is 1. The van der Waals surface area contributed by atoms with Gasteiger partial charge in [0, 0.05) is 32.0 Å². The number of aromatic nitrogens is 1. The molecule has 0 amide bonds. The third kappa shape index (κ3) is 3.50. The Hall–Kier alpha value is -2.48. The van der Waals surface area contributed by atoms with E-state index in [1.807, 2.05) is 44.2 Å². The molecule has 0 bridgehead atoms. The molecule has 6 nitrogen and oxygen atoms in total. The van der Waals surface area contributed by atoms with Crippen LogP contribution in [0.4, 0.5) is 5.69 Å². The number of aryl methyl sites for hydroxylation is 2. The first-order valence-corrected chi connectivity index (χ1v) is 12.2. The highest BCUT2D eigenvalue weighted by molar-refractivity contribution is 7.91. The summed E-state index contributed by atoms with van der Waals surface area (Å²) in [5, 5.41) is 0.900. The summed E-state index contributed by atoms with van der Waals surface area (Å²) < 4.78 is 39.3. The van der Waals surface area contributed by atoms with E-state index in [4.69, 9.17) is 9.47 Å². The van der Waals surface area contributed by atoms with Crippen molar-refractivity contribution in [3.8, 4) is 0 Å². The number of aromatic amines is 1. The van der Waals surface area contributed by atoms with Gasteiger partial charge in [0.1, 0.15) is 0 Å². The second-order valence-electron chi connectivity index (χ2n) is 8.39. The van der Waals surface area contributed by atoms with Crippen molar-refractivity contribution in [1.29, 1.82) is 0 Å². The molecule has 3 heterocycles. The Balaban J connectivity index is 1.63. The van der Waals surface area contributed by atoms with Gasteiger partial charge in [0.05, 0.1) is 29.2 Å². The van der Waals surface area contributed by atoms with Crippen molar-refractivity contribution in [1.82, 2.24) is 0 Å². The summed E-state index contributed by atoms with van der Waals surface area (Å²) in [7, 11) is -3.71. The highest BCUT2D eigenvalue weighted by Gasteiger charge is 2.41. The Morgan fingerprint density at radius 3 is 2.39 bits per heavy atom. The molecule has 2 fully saturated rings. The number of nitrogens with one attached hydrogen (secondary N) is 1. The number of hydrogen-bond donors (Lipinski definition) is 0. The van der Waals surface area contributed by atoms with Crippen LogP contribution in [0.15, 0.2) is 58.5 Å². The normalized spacial score (nSPS) is 18.7. The molecule has 2 saturated heterocycles. The van der Waals surface area contributed by atoms with Crippen LogP contribution in [0.3, 0.4) is 0 Å². The van der Waals surface area contributed by atoms with Gasteiger partial charge in [-0.15, -0.1) is 0 Å². The zero-order valence-electron chi connectivity index (χ0n) is 17.8. The fraction of sp³-hybridized carbons (Fsp3) is 0.375. The Kier molecular flexibility index (Phi) is 5.00. The Morgan fingerprint density at radius 1 is 0.968 bits per heavy atom. The first-order valence-electron chi connectivity index (χ1n) is 10.7. The number of rotatable bonds is 3. The number of H-pyrrole nitrogens is 1. The van der Waals surface area contributed by atoms with Crippen LogP contribution in [-0.4, -0.2) is 40.5 Å². The molecular formula is C24H27N2O4S+. The van der Waals surface area contributed by atoms with Crippen molar-refractivity contribution < 1.29 is 22.9 Å². The zero-order chi connectivity index (χ0) is 21.6. The van der Waals surface area contributed by atoms with E-state index in [1.54, 1.807) is 18.3 Å². The second kappa shape index (κ2) is 7.58. The molecule has 7 heteroatoms. The lowest BCUT2D eigenvalue weighted by molar-refractivity contribution is -0.347. The summed E-state index contributed by atoms with van der Waals surface area (Å²) in [6, 6.07) is 13.2. The van der Waals surface area contributed by atoms with Gasteiger partial charge in [-0.1, -0.05) is 18.2 Å². The summed E-state index contributed by atoms with van der Waals surface area (Å²) in [5.74, 6) is -0.514. The molecule has 0 unspecified atom stereocenters. The zero-order valence-corrected chi connectivity index (χ0v) is 18.7. The number of sulfone groups is 1. The van der Waals surface area contributed by atoms with E-state index in [-0.39, 0.29) is 0 Å². The number of para-hydroxylation sites is 1. The van der Waals surface area contributed by atoms with E-state index >= 15 is 0 Å². The van der Waals surface area contributed by atoms with Crippen LogP contribution >= 0.6 is 0 Å². The minimum Gasteiger partial charge on any atom is -0.369 e. The topological polar surface area (TPSA) is 70.0 Å². The predicted molar refractivity (Wildman–Crippen MR) is 118 cm³/mol. The lowest BCUT2D eigenvalue weighted by atomic mass is 10.0. The molecule has 0 atom stereocenters. The summed E-state index contributed by atoms with van der Waals surface area (Å²) in [6.07, 6.45) is 3.06. The van der Waals surface area contributed by atoms with Gasteiger partial charge >= 0.3 is 0 Å². The standard InChI is InChI=1S/C24H26N2O4S/c1-17-7-8-19(15-18(17)2)31(27,28)22-16-25-21-6-4-3-5-20(21)23(22)26-11-9-24(10-12-26)29-13-14-30-24/h3-8,15-16H,9-14H2,1-2H3/p+1. The smallest absolute Gasteiger partial charge is 0.214 e. The monoisotopic (exact) mass is 439 g/mol. The number of fused-ring (bicyclic) bond motifs is 1. The molecule has 2 aromatic carbocycles. The number of anilines is 1. The summed E-state index contributed by atoms with van der Waals surface area (Å²) >= 11 is 0. The highest BCUT2D eigenvalue weighted by atomic mass is 32.2. The van der Waals surface area contributed by atoms with Crippen molar-refractivity contribution in [2.45, 2.75) is 42.3 Å². The molecule has 2 aliphatic rings. The maximum atomic E-state index is 13.8. The molecule has 3 aromatic rings. The largest absolute Gasteiger partial charge is 0.369 e. The van der Waals surface area contributed by atoms with Crippen molar-refractivity contribution in [2.75, 3.05) is 31.2 Å². The Labute approximate surface area is 182 Å². The predicted octanol–water partition coefficient (Wildman–Crippen LogP) is 3.45. The molecule has 0 radical (unpaired) electrons. The summed E-state index contributed by atoms with van der Waals surface area (Å²) in [5.41, 5.74) is 3.69. The average molecular weight is 440 g/mol.